The van der Waals surface area contributed by atoms with E-state index in [1.165, 1.54) is 6.92 Å². The molecule has 2 rings (SSSR count). The molecule has 0 unspecified atom stereocenters. The Morgan fingerprint density at radius 1 is 0.962 bits per heavy atom. The average Bonchev–Trinajstić information content (AvgIpc) is 2.62. The lowest BCUT2D eigenvalue weighted by molar-refractivity contribution is -0.115. The maximum atomic E-state index is 12.0. The van der Waals surface area contributed by atoms with Crippen LogP contribution in [0.2, 0.25) is 0 Å². The number of hydrogen-bond acceptors (Lipinski definition) is 5. The average molecular weight is 354 g/mol. The quantitative estimate of drug-likeness (QED) is 0.560. The molecule has 0 atom stereocenters. The molecule has 0 aliphatic heterocycles. The summed E-state index contributed by atoms with van der Waals surface area (Å²) >= 11 is 0. The number of carbonyl (C=O) groups is 3. The number of ether oxygens (including phenoxy) is 1. The van der Waals surface area contributed by atoms with E-state index in [-0.39, 0.29) is 24.1 Å². The second-order valence-electron chi connectivity index (χ2n) is 5.66. The van der Waals surface area contributed by atoms with Gasteiger partial charge in [-0.25, -0.2) is 4.79 Å². The molecule has 0 saturated carbocycles. The van der Waals surface area contributed by atoms with Crippen molar-refractivity contribution in [3.8, 4) is 0 Å². The van der Waals surface area contributed by atoms with Gasteiger partial charge in [0.1, 0.15) is 0 Å². The third kappa shape index (κ3) is 5.73. The first-order chi connectivity index (χ1) is 12.5. The highest BCUT2D eigenvalue weighted by Gasteiger charge is 2.07. The molecule has 6 heteroatoms. The molecule has 26 heavy (non-hydrogen) atoms. The number of benzene rings is 2. The molecule has 0 aliphatic rings. The van der Waals surface area contributed by atoms with Gasteiger partial charge in [0.15, 0.2) is 5.78 Å². The number of ketones is 1. The molecule has 0 aliphatic carbocycles. The van der Waals surface area contributed by atoms with Crippen LogP contribution in [0.4, 0.5) is 11.4 Å². The largest absolute Gasteiger partial charge is 0.462 e. The van der Waals surface area contributed by atoms with Crippen molar-refractivity contribution < 1.29 is 19.1 Å². The van der Waals surface area contributed by atoms with Crippen LogP contribution in [0.1, 0.15) is 41.0 Å². The summed E-state index contributed by atoms with van der Waals surface area (Å²) in [4.78, 5) is 34.9. The number of esters is 1. The molecule has 0 aromatic heterocycles. The van der Waals surface area contributed by atoms with E-state index in [9.17, 15) is 14.4 Å². The zero-order valence-corrected chi connectivity index (χ0v) is 14.9. The van der Waals surface area contributed by atoms with E-state index in [0.29, 0.717) is 30.0 Å². The van der Waals surface area contributed by atoms with Crippen LogP contribution in [0.5, 0.6) is 0 Å². The van der Waals surface area contributed by atoms with Crippen LogP contribution in [0, 0.1) is 0 Å². The smallest absolute Gasteiger partial charge is 0.338 e. The summed E-state index contributed by atoms with van der Waals surface area (Å²) in [5.74, 6) is -0.538. The Kier molecular flexibility index (Phi) is 6.91. The van der Waals surface area contributed by atoms with Gasteiger partial charge in [0, 0.05) is 29.9 Å². The number of hydrogen-bond donors (Lipinski definition) is 2. The maximum absolute atomic E-state index is 12.0. The summed E-state index contributed by atoms with van der Waals surface area (Å²) in [6.07, 6.45) is 0.268. The number of rotatable bonds is 8. The molecule has 0 radical (unpaired) electrons. The summed E-state index contributed by atoms with van der Waals surface area (Å²) < 4.78 is 4.91. The zero-order chi connectivity index (χ0) is 18.9. The van der Waals surface area contributed by atoms with Gasteiger partial charge in [-0.15, -0.1) is 0 Å². The van der Waals surface area contributed by atoms with Crippen molar-refractivity contribution in [3.05, 3.63) is 59.7 Å². The first-order valence-electron chi connectivity index (χ1n) is 8.41. The van der Waals surface area contributed by atoms with E-state index < -0.39 is 0 Å². The molecule has 136 valence electrons. The molecule has 0 fully saturated rings. The third-order valence-electron chi connectivity index (χ3n) is 3.63. The molecule has 0 bridgehead atoms. The Hall–Kier alpha value is -3.15. The monoisotopic (exact) mass is 354 g/mol. The SMILES string of the molecule is CCOC(=O)c1ccc(NC(=O)CCNc2cccc(C(C)=O)c2)cc1. The molecule has 0 spiro atoms. The number of anilines is 2. The minimum atomic E-state index is -0.387. The molecule has 2 aromatic carbocycles. The highest BCUT2D eigenvalue weighted by molar-refractivity contribution is 5.95. The second kappa shape index (κ2) is 9.36. The minimum Gasteiger partial charge on any atom is -0.462 e. The molecule has 0 heterocycles. The Morgan fingerprint density at radius 2 is 1.69 bits per heavy atom. The van der Waals surface area contributed by atoms with Crippen molar-refractivity contribution >= 4 is 29.0 Å². The lowest BCUT2D eigenvalue weighted by Crippen LogP contribution is -2.16. The van der Waals surface area contributed by atoms with Crippen LogP contribution in [0.25, 0.3) is 0 Å². The Bertz CT molecular complexity index is 785. The number of carbonyl (C=O) groups excluding carboxylic acids is 3. The first-order valence-corrected chi connectivity index (χ1v) is 8.41. The van der Waals surface area contributed by atoms with Gasteiger partial charge < -0.3 is 15.4 Å². The highest BCUT2D eigenvalue weighted by atomic mass is 16.5. The number of amides is 1. The van der Waals surface area contributed by atoms with Gasteiger partial charge >= 0.3 is 5.97 Å². The predicted molar refractivity (Wildman–Crippen MR) is 101 cm³/mol. The van der Waals surface area contributed by atoms with E-state index in [1.54, 1.807) is 49.4 Å². The van der Waals surface area contributed by atoms with Crippen LogP contribution in [0.15, 0.2) is 48.5 Å². The van der Waals surface area contributed by atoms with Crippen molar-refractivity contribution in [2.45, 2.75) is 20.3 Å². The summed E-state index contributed by atoms with van der Waals surface area (Å²) in [5, 5.41) is 5.89. The van der Waals surface area contributed by atoms with Gasteiger partial charge in [-0.3, -0.25) is 9.59 Å². The summed E-state index contributed by atoms with van der Waals surface area (Å²) in [7, 11) is 0. The molecular formula is C20H22N2O4. The van der Waals surface area contributed by atoms with E-state index in [4.69, 9.17) is 4.74 Å². The predicted octanol–water partition coefficient (Wildman–Crippen LogP) is 3.51. The van der Waals surface area contributed by atoms with Crippen molar-refractivity contribution in [2.75, 3.05) is 23.8 Å². The number of Topliss-reactive ketones (excluding diaryl/α,β-unsaturated/α-hetero) is 1. The third-order valence-corrected chi connectivity index (χ3v) is 3.63. The van der Waals surface area contributed by atoms with Crippen molar-refractivity contribution in [1.29, 1.82) is 0 Å². The molecule has 1 amide bonds. The Balaban J connectivity index is 1.81. The van der Waals surface area contributed by atoms with Gasteiger partial charge in [-0.05, 0) is 50.2 Å². The van der Waals surface area contributed by atoms with E-state index >= 15 is 0 Å². The van der Waals surface area contributed by atoms with Crippen LogP contribution < -0.4 is 10.6 Å². The second-order valence-corrected chi connectivity index (χ2v) is 5.66. The van der Waals surface area contributed by atoms with Crippen LogP contribution in [-0.2, 0) is 9.53 Å². The van der Waals surface area contributed by atoms with Gasteiger partial charge in [0.05, 0.1) is 12.2 Å². The van der Waals surface area contributed by atoms with Crippen LogP contribution in [-0.4, -0.2) is 30.8 Å². The Morgan fingerprint density at radius 3 is 2.35 bits per heavy atom. The lowest BCUT2D eigenvalue weighted by atomic mass is 10.1. The van der Waals surface area contributed by atoms with Gasteiger partial charge in [0.25, 0.3) is 0 Å². The van der Waals surface area contributed by atoms with Crippen molar-refractivity contribution in [3.63, 3.8) is 0 Å². The van der Waals surface area contributed by atoms with Crippen LogP contribution in [0.3, 0.4) is 0 Å². The van der Waals surface area contributed by atoms with Crippen molar-refractivity contribution in [2.24, 2.45) is 0 Å². The maximum Gasteiger partial charge on any atom is 0.338 e. The fraction of sp³-hybridized carbons (Fsp3) is 0.250. The summed E-state index contributed by atoms with van der Waals surface area (Å²) in [6.45, 7) is 4.02. The standard InChI is InChI=1S/C20H22N2O4/c1-3-26-20(25)15-7-9-17(10-8-15)22-19(24)11-12-21-18-6-4-5-16(13-18)14(2)23/h4-10,13,21H,3,11-12H2,1-2H3,(H,22,24). The molecule has 2 aromatic rings. The Labute approximate surface area is 152 Å². The molecular weight excluding hydrogens is 332 g/mol. The van der Waals surface area contributed by atoms with E-state index in [0.717, 1.165) is 5.69 Å². The summed E-state index contributed by atoms with van der Waals surface area (Å²) in [5.41, 5.74) is 2.48. The highest BCUT2D eigenvalue weighted by Crippen LogP contribution is 2.13. The fourth-order valence-electron chi connectivity index (χ4n) is 2.30. The zero-order valence-electron chi connectivity index (χ0n) is 14.9. The van der Waals surface area contributed by atoms with Gasteiger partial charge in [0.2, 0.25) is 5.91 Å². The van der Waals surface area contributed by atoms with Gasteiger partial charge in [-0.1, -0.05) is 12.1 Å². The first kappa shape index (κ1) is 19.2. The lowest BCUT2D eigenvalue weighted by Gasteiger charge is -2.09. The fourth-order valence-corrected chi connectivity index (χ4v) is 2.30. The van der Waals surface area contributed by atoms with Crippen molar-refractivity contribution in [1.82, 2.24) is 0 Å². The normalized spacial score (nSPS) is 10.1. The molecule has 2 N–H and O–H groups in total. The topological polar surface area (TPSA) is 84.5 Å². The van der Waals surface area contributed by atoms with Gasteiger partial charge in [-0.2, -0.15) is 0 Å². The molecule has 0 saturated heterocycles. The van der Waals surface area contributed by atoms with Crippen LogP contribution >= 0.6 is 0 Å². The summed E-state index contributed by atoms with van der Waals surface area (Å²) in [6, 6.07) is 13.7. The molecule has 6 nitrogen and oxygen atoms in total. The minimum absolute atomic E-state index is 0.00217. The number of nitrogens with one attached hydrogen (secondary N) is 2. The van der Waals surface area contributed by atoms with E-state index in [1.807, 2.05) is 6.07 Å². The van der Waals surface area contributed by atoms with E-state index in [2.05, 4.69) is 10.6 Å².